The van der Waals surface area contributed by atoms with Gasteiger partial charge in [0.25, 0.3) is 0 Å². The molecular formula is C20H30N4O5S. The summed E-state index contributed by atoms with van der Waals surface area (Å²) in [5.74, 6) is 0. The van der Waals surface area contributed by atoms with E-state index in [1.165, 1.54) is 19.5 Å². The smallest absolute Gasteiger partial charge is 0.407 e. The Morgan fingerprint density at radius 3 is 2.50 bits per heavy atom. The number of nitrogens with one attached hydrogen (secondary N) is 1. The first kappa shape index (κ1) is 22.4. The van der Waals surface area contributed by atoms with Gasteiger partial charge in [0.05, 0.1) is 15.9 Å². The van der Waals surface area contributed by atoms with Gasteiger partial charge in [-0.3, -0.25) is 9.13 Å². The summed E-state index contributed by atoms with van der Waals surface area (Å²) in [6.45, 7) is 5.89. The normalized spacial score (nSPS) is 18.5. The number of nitrogens with zero attached hydrogens (tertiary/aromatic N) is 3. The van der Waals surface area contributed by atoms with Gasteiger partial charge in [-0.25, -0.2) is 18.0 Å². The summed E-state index contributed by atoms with van der Waals surface area (Å²) in [6, 6.07) is 4.37. The van der Waals surface area contributed by atoms with Gasteiger partial charge in [0, 0.05) is 33.2 Å². The number of fused-ring (bicyclic) bond motifs is 1. The van der Waals surface area contributed by atoms with Gasteiger partial charge in [-0.1, -0.05) is 6.42 Å². The average Bonchev–Trinajstić information content (AvgIpc) is 2.89. The van der Waals surface area contributed by atoms with Gasteiger partial charge in [-0.05, 0) is 51.8 Å². The highest BCUT2D eigenvalue weighted by Gasteiger charge is 2.34. The third-order valence-electron chi connectivity index (χ3n) is 5.30. The molecule has 1 fully saturated rings. The molecule has 1 aromatic heterocycles. The molecule has 0 aliphatic carbocycles. The number of aromatic nitrogens is 2. The summed E-state index contributed by atoms with van der Waals surface area (Å²) in [6.07, 6.45) is 1.74. The minimum atomic E-state index is -3.79. The number of hydrogen-bond acceptors (Lipinski definition) is 5. The number of aryl methyl sites for hydroxylation is 2. The molecule has 0 saturated carbocycles. The molecule has 0 radical (unpaired) electrons. The topological polar surface area (TPSA) is 103 Å². The summed E-state index contributed by atoms with van der Waals surface area (Å²) in [4.78, 5) is 24.3. The number of alkyl carbamates (subject to hydrolysis) is 1. The number of sulfonamides is 1. The van der Waals surface area contributed by atoms with Crippen LogP contribution in [0.25, 0.3) is 11.0 Å². The zero-order chi connectivity index (χ0) is 22.3. The van der Waals surface area contributed by atoms with Crippen LogP contribution in [0.4, 0.5) is 4.79 Å². The molecule has 1 amide bonds. The Kier molecular flexibility index (Phi) is 6.01. The first-order valence-corrected chi connectivity index (χ1v) is 11.5. The van der Waals surface area contributed by atoms with Crippen molar-refractivity contribution in [2.45, 2.75) is 56.6 Å². The quantitative estimate of drug-likeness (QED) is 0.786. The number of carbonyl (C=O) groups excluding carboxylic acids is 1. The van der Waals surface area contributed by atoms with Crippen LogP contribution in [-0.4, -0.2) is 52.7 Å². The highest BCUT2D eigenvalue weighted by atomic mass is 32.2. The van der Waals surface area contributed by atoms with Gasteiger partial charge < -0.3 is 10.1 Å². The molecule has 30 heavy (non-hydrogen) atoms. The fourth-order valence-electron chi connectivity index (χ4n) is 3.79. The number of hydrogen-bond donors (Lipinski definition) is 1. The molecule has 1 saturated heterocycles. The van der Waals surface area contributed by atoms with Crippen molar-refractivity contribution in [2.75, 3.05) is 13.1 Å². The third-order valence-corrected chi connectivity index (χ3v) is 7.25. The zero-order valence-corrected chi connectivity index (χ0v) is 19.0. The van der Waals surface area contributed by atoms with Gasteiger partial charge in [-0.2, -0.15) is 4.31 Å². The van der Waals surface area contributed by atoms with E-state index in [9.17, 15) is 18.0 Å². The Labute approximate surface area is 176 Å². The Bertz CT molecular complexity index is 1110. The largest absolute Gasteiger partial charge is 0.444 e. The number of imidazole rings is 1. The molecule has 1 atom stereocenters. The van der Waals surface area contributed by atoms with Crippen molar-refractivity contribution in [3.8, 4) is 0 Å². The van der Waals surface area contributed by atoms with Crippen LogP contribution in [0.5, 0.6) is 0 Å². The SMILES string of the molecule is Cn1c(=O)n(C)c2cc(S(=O)(=O)N3CCCCC3CNC(=O)OC(C)(C)C)ccc21. The van der Waals surface area contributed by atoms with Crippen molar-refractivity contribution in [1.29, 1.82) is 0 Å². The Morgan fingerprint density at radius 1 is 1.17 bits per heavy atom. The lowest BCUT2D eigenvalue weighted by Crippen LogP contribution is -2.49. The molecular weight excluding hydrogens is 408 g/mol. The van der Waals surface area contributed by atoms with Gasteiger partial charge in [0.2, 0.25) is 10.0 Å². The average molecular weight is 439 g/mol. The summed E-state index contributed by atoms with van der Waals surface area (Å²) >= 11 is 0. The van der Waals surface area contributed by atoms with E-state index in [-0.39, 0.29) is 23.2 Å². The van der Waals surface area contributed by atoms with Crippen molar-refractivity contribution in [3.63, 3.8) is 0 Å². The second-order valence-electron chi connectivity index (χ2n) is 8.70. The van der Waals surface area contributed by atoms with Crippen LogP contribution in [0.3, 0.4) is 0 Å². The van der Waals surface area contributed by atoms with Crippen LogP contribution >= 0.6 is 0 Å². The minimum absolute atomic E-state index is 0.139. The van der Waals surface area contributed by atoms with E-state index >= 15 is 0 Å². The van der Waals surface area contributed by atoms with Crippen LogP contribution in [0.2, 0.25) is 0 Å². The lowest BCUT2D eigenvalue weighted by Gasteiger charge is -2.35. The predicted molar refractivity (Wildman–Crippen MR) is 114 cm³/mol. The first-order valence-electron chi connectivity index (χ1n) is 10.1. The molecule has 10 heteroatoms. The number of amides is 1. The molecule has 0 bridgehead atoms. The number of carbonyl (C=O) groups is 1. The van der Waals surface area contributed by atoms with E-state index in [2.05, 4.69) is 5.32 Å². The molecule has 2 aromatic rings. The molecule has 1 N–H and O–H groups in total. The third kappa shape index (κ3) is 4.39. The molecule has 0 spiro atoms. The summed E-state index contributed by atoms with van der Waals surface area (Å²) < 4.78 is 36.4. The van der Waals surface area contributed by atoms with E-state index in [1.807, 2.05) is 0 Å². The summed E-state index contributed by atoms with van der Waals surface area (Å²) in [5, 5.41) is 2.70. The van der Waals surface area contributed by atoms with Crippen molar-refractivity contribution in [3.05, 3.63) is 28.7 Å². The lowest BCUT2D eigenvalue weighted by atomic mass is 10.1. The molecule has 1 unspecified atom stereocenters. The monoisotopic (exact) mass is 438 g/mol. The highest BCUT2D eigenvalue weighted by molar-refractivity contribution is 7.89. The van der Waals surface area contributed by atoms with E-state index < -0.39 is 21.7 Å². The number of rotatable bonds is 4. The molecule has 166 valence electrons. The van der Waals surface area contributed by atoms with Crippen LogP contribution in [0.1, 0.15) is 40.0 Å². The maximum absolute atomic E-state index is 13.4. The summed E-state index contributed by atoms with van der Waals surface area (Å²) in [7, 11) is -0.514. The predicted octanol–water partition coefficient (Wildman–Crippen LogP) is 1.94. The van der Waals surface area contributed by atoms with Crippen LogP contribution in [0.15, 0.2) is 27.9 Å². The fraction of sp³-hybridized carbons (Fsp3) is 0.600. The zero-order valence-electron chi connectivity index (χ0n) is 18.1. The van der Waals surface area contributed by atoms with Gasteiger partial charge in [0.15, 0.2) is 0 Å². The van der Waals surface area contributed by atoms with Crippen molar-refractivity contribution in [2.24, 2.45) is 14.1 Å². The number of piperidine rings is 1. The van der Waals surface area contributed by atoms with Crippen molar-refractivity contribution < 1.29 is 17.9 Å². The molecule has 1 aliphatic rings. The molecule has 9 nitrogen and oxygen atoms in total. The van der Waals surface area contributed by atoms with E-state index in [1.54, 1.807) is 47.0 Å². The Hall–Kier alpha value is -2.33. The van der Waals surface area contributed by atoms with Gasteiger partial charge in [0.1, 0.15) is 5.60 Å². The van der Waals surface area contributed by atoms with E-state index in [0.29, 0.717) is 24.0 Å². The van der Waals surface area contributed by atoms with Crippen molar-refractivity contribution in [1.82, 2.24) is 18.8 Å². The Morgan fingerprint density at radius 2 is 1.83 bits per heavy atom. The molecule has 2 heterocycles. The Balaban J connectivity index is 1.86. The van der Waals surface area contributed by atoms with Gasteiger partial charge in [-0.15, -0.1) is 0 Å². The standard InChI is InChI=1S/C20H30N4O5S/c1-20(2,3)29-18(25)21-13-14-8-6-7-11-24(14)30(27,28)15-9-10-16-17(12-15)23(5)19(26)22(16)4/h9-10,12,14H,6-8,11,13H2,1-5H3,(H,21,25). The first-order chi connectivity index (χ1) is 13.9. The number of benzene rings is 1. The van der Waals surface area contributed by atoms with Gasteiger partial charge >= 0.3 is 11.8 Å². The molecule has 3 rings (SSSR count). The van der Waals surface area contributed by atoms with E-state index in [4.69, 9.17) is 4.74 Å². The second kappa shape index (κ2) is 8.07. The second-order valence-corrected chi connectivity index (χ2v) is 10.6. The number of ether oxygens (including phenoxy) is 1. The summed E-state index contributed by atoms with van der Waals surface area (Å²) in [5.41, 5.74) is 0.396. The fourth-order valence-corrected chi connectivity index (χ4v) is 5.51. The highest BCUT2D eigenvalue weighted by Crippen LogP contribution is 2.27. The van der Waals surface area contributed by atoms with Crippen LogP contribution < -0.4 is 11.0 Å². The minimum Gasteiger partial charge on any atom is -0.444 e. The van der Waals surface area contributed by atoms with Crippen LogP contribution in [0, 0.1) is 0 Å². The lowest BCUT2D eigenvalue weighted by molar-refractivity contribution is 0.0512. The van der Waals surface area contributed by atoms with Crippen molar-refractivity contribution >= 4 is 27.1 Å². The molecule has 1 aliphatic heterocycles. The van der Waals surface area contributed by atoms with E-state index in [0.717, 1.165) is 12.8 Å². The maximum atomic E-state index is 13.4. The molecule has 1 aromatic carbocycles. The maximum Gasteiger partial charge on any atom is 0.407 e. The van der Waals surface area contributed by atoms with Crippen LogP contribution in [-0.2, 0) is 28.9 Å².